The molecule has 1 aromatic carbocycles. The number of nitrogens with one attached hydrogen (secondary N) is 2. The third kappa shape index (κ3) is 6.56. The first-order valence-electron chi connectivity index (χ1n) is 9.26. The Balaban J connectivity index is 2.09. The number of anilines is 2. The molecular formula is C19H30N6O2. The van der Waals surface area contributed by atoms with Gasteiger partial charge < -0.3 is 26.0 Å². The number of benzene rings is 1. The molecule has 148 valence electrons. The van der Waals surface area contributed by atoms with E-state index in [1.807, 2.05) is 32.3 Å². The van der Waals surface area contributed by atoms with Gasteiger partial charge in [0.15, 0.2) is 0 Å². The number of nitrogens with zero attached hydrogens (tertiary/aromatic N) is 3. The van der Waals surface area contributed by atoms with Crippen LogP contribution in [0.5, 0.6) is 5.75 Å². The maximum atomic E-state index is 10.8. The van der Waals surface area contributed by atoms with Gasteiger partial charge in [-0.15, -0.1) is 0 Å². The lowest BCUT2D eigenvalue weighted by Crippen LogP contribution is -2.21. The van der Waals surface area contributed by atoms with Crippen molar-refractivity contribution in [1.29, 1.82) is 0 Å². The molecule has 27 heavy (non-hydrogen) atoms. The maximum absolute atomic E-state index is 10.8. The smallest absolute Gasteiger partial charge is 0.225 e. The molecule has 8 heteroatoms. The molecule has 0 atom stereocenters. The van der Waals surface area contributed by atoms with Crippen LogP contribution in [-0.2, 0) is 4.79 Å². The minimum absolute atomic E-state index is 0.249. The lowest BCUT2D eigenvalue weighted by atomic mass is 10.2. The van der Waals surface area contributed by atoms with E-state index in [-0.39, 0.29) is 5.91 Å². The van der Waals surface area contributed by atoms with Crippen LogP contribution in [0.25, 0.3) is 10.9 Å². The standard InChI is InChI=1S/C19H30N6O2/c1-25(2)13-12-21-18-14-8-7-9-15(27-3)17(14)23-19(24-18)22-11-6-4-5-10-16(20)26/h7-9H,4-6,10-13H2,1-3H3,(H2,20,26)(H2,21,22,23,24). The normalized spacial score (nSPS) is 11.0. The van der Waals surface area contributed by atoms with Gasteiger partial charge in [-0.05, 0) is 39.1 Å². The average Bonchev–Trinajstić information content (AvgIpc) is 2.63. The van der Waals surface area contributed by atoms with Crippen LogP contribution in [0, 0.1) is 0 Å². The SMILES string of the molecule is COc1cccc2c(NCCN(C)C)nc(NCCCCCC(N)=O)nc12. The Labute approximate surface area is 160 Å². The topological polar surface area (TPSA) is 105 Å². The van der Waals surface area contributed by atoms with Crippen LogP contribution in [0.3, 0.4) is 0 Å². The summed E-state index contributed by atoms with van der Waals surface area (Å²) in [6, 6.07) is 5.82. The van der Waals surface area contributed by atoms with Crippen molar-refractivity contribution >= 4 is 28.6 Å². The lowest BCUT2D eigenvalue weighted by molar-refractivity contribution is -0.118. The molecule has 8 nitrogen and oxygen atoms in total. The number of methoxy groups -OCH3 is 1. The number of unbranched alkanes of at least 4 members (excludes halogenated alkanes) is 2. The Bertz CT molecular complexity index is 750. The highest BCUT2D eigenvalue weighted by Crippen LogP contribution is 2.29. The van der Waals surface area contributed by atoms with Crippen LogP contribution in [0.4, 0.5) is 11.8 Å². The zero-order chi connectivity index (χ0) is 19.6. The van der Waals surface area contributed by atoms with Crippen molar-refractivity contribution in [2.75, 3.05) is 51.5 Å². The summed E-state index contributed by atoms with van der Waals surface area (Å²) in [5, 5.41) is 7.60. The summed E-state index contributed by atoms with van der Waals surface area (Å²) in [6.45, 7) is 2.41. The second kappa shape index (κ2) is 10.5. The fraction of sp³-hybridized carbons (Fsp3) is 0.526. The van der Waals surface area contributed by atoms with Crippen molar-refractivity contribution in [3.05, 3.63) is 18.2 Å². The molecular weight excluding hydrogens is 344 g/mol. The number of likely N-dealkylation sites (N-methyl/N-ethyl adjacent to an activating group) is 1. The van der Waals surface area contributed by atoms with Crippen molar-refractivity contribution in [3.63, 3.8) is 0 Å². The van der Waals surface area contributed by atoms with Crippen LogP contribution in [0.1, 0.15) is 25.7 Å². The highest BCUT2D eigenvalue weighted by atomic mass is 16.5. The largest absolute Gasteiger partial charge is 0.494 e. The molecule has 1 heterocycles. The van der Waals surface area contributed by atoms with Crippen LogP contribution >= 0.6 is 0 Å². The molecule has 2 rings (SSSR count). The molecule has 0 saturated carbocycles. The monoisotopic (exact) mass is 374 g/mol. The highest BCUT2D eigenvalue weighted by Gasteiger charge is 2.11. The molecule has 2 aromatic rings. The zero-order valence-corrected chi connectivity index (χ0v) is 16.4. The van der Waals surface area contributed by atoms with Crippen LogP contribution < -0.4 is 21.1 Å². The molecule has 0 bridgehead atoms. The lowest BCUT2D eigenvalue weighted by Gasteiger charge is -2.15. The number of rotatable bonds is 12. The predicted molar refractivity (Wildman–Crippen MR) is 109 cm³/mol. The number of carbonyl (C=O) groups is 1. The molecule has 0 spiro atoms. The minimum Gasteiger partial charge on any atom is -0.494 e. The number of primary amides is 1. The van der Waals surface area contributed by atoms with E-state index in [2.05, 4.69) is 25.5 Å². The molecule has 0 aliphatic heterocycles. The quantitative estimate of drug-likeness (QED) is 0.488. The number of amides is 1. The third-order valence-corrected chi connectivity index (χ3v) is 4.14. The molecule has 1 aromatic heterocycles. The number of fused-ring (bicyclic) bond motifs is 1. The Kier molecular flexibility index (Phi) is 8.06. The number of ether oxygens (including phenoxy) is 1. The number of hydrogen-bond donors (Lipinski definition) is 3. The van der Waals surface area contributed by atoms with E-state index in [4.69, 9.17) is 10.5 Å². The van der Waals surface area contributed by atoms with Crippen LogP contribution in [0.2, 0.25) is 0 Å². The summed E-state index contributed by atoms with van der Waals surface area (Å²) in [7, 11) is 5.71. The molecule has 0 fully saturated rings. The van der Waals surface area contributed by atoms with Crippen LogP contribution in [-0.4, -0.2) is 61.6 Å². The Morgan fingerprint density at radius 1 is 1.15 bits per heavy atom. The van der Waals surface area contributed by atoms with Gasteiger partial charge in [0, 0.05) is 31.4 Å². The van der Waals surface area contributed by atoms with Crippen molar-refractivity contribution in [1.82, 2.24) is 14.9 Å². The van der Waals surface area contributed by atoms with E-state index in [0.29, 0.717) is 12.4 Å². The number of para-hydroxylation sites is 1. The summed E-state index contributed by atoms with van der Waals surface area (Å²) >= 11 is 0. The van der Waals surface area contributed by atoms with Crippen molar-refractivity contribution in [2.45, 2.75) is 25.7 Å². The van der Waals surface area contributed by atoms with Gasteiger partial charge in [0.05, 0.1) is 7.11 Å². The Hall–Kier alpha value is -2.61. The first-order valence-corrected chi connectivity index (χ1v) is 9.26. The third-order valence-electron chi connectivity index (χ3n) is 4.14. The maximum Gasteiger partial charge on any atom is 0.225 e. The fourth-order valence-corrected chi connectivity index (χ4v) is 2.70. The number of carbonyl (C=O) groups excluding carboxylic acids is 1. The number of aromatic nitrogens is 2. The molecule has 0 aliphatic rings. The minimum atomic E-state index is -0.249. The van der Waals surface area contributed by atoms with E-state index in [9.17, 15) is 4.79 Å². The van der Waals surface area contributed by atoms with E-state index in [1.54, 1.807) is 7.11 Å². The van der Waals surface area contributed by atoms with E-state index in [0.717, 1.165) is 61.4 Å². The van der Waals surface area contributed by atoms with Crippen molar-refractivity contribution < 1.29 is 9.53 Å². The Morgan fingerprint density at radius 3 is 2.67 bits per heavy atom. The molecule has 0 unspecified atom stereocenters. The van der Waals surface area contributed by atoms with E-state index < -0.39 is 0 Å². The summed E-state index contributed by atoms with van der Waals surface area (Å²) in [5.74, 6) is 1.82. The van der Waals surface area contributed by atoms with Crippen molar-refractivity contribution in [2.24, 2.45) is 5.73 Å². The first kappa shape index (κ1) is 20.7. The zero-order valence-electron chi connectivity index (χ0n) is 16.4. The van der Waals surface area contributed by atoms with Gasteiger partial charge in [0.1, 0.15) is 17.1 Å². The molecule has 0 radical (unpaired) electrons. The summed E-state index contributed by atoms with van der Waals surface area (Å²) in [5.41, 5.74) is 5.93. The molecule has 0 aliphatic carbocycles. The highest BCUT2D eigenvalue weighted by molar-refractivity contribution is 5.94. The molecule has 0 saturated heterocycles. The summed E-state index contributed by atoms with van der Waals surface area (Å²) in [4.78, 5) is 22.1. The predicted octanol–water partition coefficient (Wildman–Crippen LogP) is 2.07. The van der Waals surface area contributed by atoms with Gasteiger partial charge >= 0.3 is 0 Å². The second-order valence-corrected chi connectivity index (χ2v) is 6.69. The fourth-order valence-electron chi connectivity index (χ4n) is 2.70. The van der Waals surface area contributed by atoms with E-state index in [1.165, 1.54) is 0 Å². The van der Waals surface area contributed by atoms with Crippen molar-refractivity contribution in [3.8, 4) is 5.75 Å². The summed E-state index contributed by atoms with van der Waals surface area (Å²) < 4.78 is 5.46. The van der Waals surface area contributed by atoms with Gasteiger partial charge in [0.2, 0.25) is 11.9 Å². The molecule has 4 N–H and O–H groups in total. The van der Waals surface area contributed by atoms with Gasteiger partial charge in [-0.2, -0.15) is 4.98 Å². The Morgan fingerprint density at radius 2 is 1.96 bits per heavy atom. The number of hydrogen-bond acceptors (Lipinski definition) is 7. The van der Waals surface area contributed by atoms with Gasteiger partial charge in [-0.25, -0.2) is 4.98 Å². The van der Waals surface area contributed by atoms with E-state index >= 15 is 0 Å². The number of nitrogens with two attached hydrogens (primary N) is 1. The second-order valence-electron chi connectivity index (χ2n) is 6.69. The first-order chi connectivity index (χ1) is 13.0. The van der Waals surface area contributed by atoms with Gasteiger partial charge in [0.25, 0.3) is 0 Å². The summed E-state index contributed by atoms with van der Waals surface area (Å²) in [6.07, 6.45) is 3.09. The van der Waals surface area contributed by atoms with Gasteiger partial charge in [-0.1, -0.05) is 12.5 Å². The van der Waals surface area contributed by atoms with Crippen LogP contribution in [0.15, 0.2) is 18.2 Å². The average molecular weight is 374 g/mol. The molecule has 1 amide bonds. The van der Waals surface area contributed by atoms with Gasteiger partial charge in [-0.3, -0.25) is 4.79 Å².